The van der Waals surface area contributed by atoms with Crippen LogP contribution in [0, 0.1) is 0 Å². The van der Waals surface area contributed by atoms with E-state index in [1.54, 1.807) is 11.3 Å². The first-order chi connectivity index (χ1) is 11.1. The Hall–Kier alpha value is -1.92. The zero-order valence-electron chi connectivity index (χ0n) is 13.5. The Morgan fingerprint density at radius 1 is 1.30 bits per heavy atom. The number of nitrogens with zero attached hydrogens (tertiary/aromatic N) is 1. The number of rotatable bonds is 7. The Labute approximate surface area is 140 Å². The highest BCUT2D eigenvalue weighted by Crippen LogP contribution is 2.16. The Balaban J connectivity index is 1.73. The third-order valence-corrected chi connectivity index (χ3v) is 4.58. The smallest absolute Gasteiger partial charge is 0.315 e. The molecule has 0 aliphatic carbocycles. The fourth-order valence-corrected chi connectivity index (χ4v) is 2.98. The van der Waals surface area contributed by atoms with Crippen molar-refractivity contribution >= 4 is 17.4 Å². The molecule has 1 atom stereocenters. The lowest BCUT2D eigenvalue weighted by Crippen LogP contribution is -2.38. The number of hydrogen-bond acceptors (Lipinski definition) is 4. The summed E-state index contributed by atoms with van der Waals surface area (Å²) in [6, 6.07) is 7.44. The predicted molar refractivity (Wildman–Crippen MR) is 92.5 cm³/mol. The van der Waals surface area contributed by atoms with Crippen LogP contribution in [0.1, 0.15) is 41.7 Å². The molecule has 0 fully saturated rings. The van der Waals surface area contributed by atoms with E-state index < -0.39 is 0 Å². The second-order valence-electron chi connectivity index (χ2n) is 5.37. The molecule has 1 heterocycles. The number of aryl methyl sites for hydroxylation is 1. The molecule has 124 valence electrons. The number of urea groups is 1. The molecule has 2 rings (SSSR count). The number of amides is 2. The van der Waals surface area contributed by atoms with Crippen molar-refractivity contribution < 1.29 is 9.90 Å². The molecule has 0 radical (unpaired) electrons. The van der Waals surface area contributed by atoms with Gasteiger partial charge in [0.2, 0.25) is 0 Å². The minimum absolute atomic E-state index is 0.0508. The SMILES string of the molecule is CCc1nc(C(C)NC(=O)NCCc2ccc(CO)cc2)cs1. The van der Waals surface area contributed by atoms with Crippen molar-refractivity contribution in [2.24, 2.45) is 0 Å². The molecule has 0 spiro atoms. The standard InChI is InChI=1S/C17H23N3O2S/c1-3-16-20-15(11-23-16)12(2)19-17(22)18-9-8-13-4-6-14(10-21)7-5-13/h4-7,11-12,21H,3,8-10H2,1-2H3,(H2,18,19,22). The molecule has 0 bridgehead atoms. The quantitative estimate of drug-likeness (QED) is 0.729. The molecule has 0 aliphatic heterocycles. The van der Waals surface area contributed by atoms with Gasteiger partial charge < -0.3 is 15.7 Å². The molecule has 2 amide bonds. The Morgan fingerprint density at radius 2 is 2.00 bits per heavy atom. The van der Waals surface area contributed by atoms with Crippen molar-refractivity contribution in [3.63, 3.8) is 0 Å². The molecule has 1 unspecified atom stereocenters. The predicted octanol–water partition coefficient (Wildman–Crippen LogP) is 2.80. The lowest BCUT2D eigenvalue weighted by atomic mass is 10.1. The second-order valence-corrected chi connectivity index (χ2v) is 6.31. The van der Waals surface area contributed by atoms with Gasteiger partial charge in [0, 0.05) is 11.9 Å². The van der Waals surface area contributed by atoms with Crippen LogP contribution < -0.4 is 10.6 Å². The summed E-state index contributed by atoms with van der Waals surface area (Å²) in [5.41, 5.74) is 2.92. The van der Waals surface area contributed by atoms with Crippen LogP contribution in [0.5, 0.6) is 0 Å². The van der Waals surface area contributed by atoms with Gasteiger partial charge in [0.05, 0.1) is 23.4 Å². The lowest BCUT2D eigenvalue weighted by molar-refractivity contribution is 0.238. The minimum Gasteiger partial charge on any atom is -0.392 e. The first kappa shape index (κ1) is 17.4. The number of benzene rings is 1. The summed E-state index contributed by atoms with van der Waals surface area (Å²) < 4.78 is 0. The van der Waals surface area contributed by atoms with E-state index in [-0.39, 0.29) is 18.7 Å². The van der Waals surface area contributed by atoms with E-state index in [2.05, 4.69) is 22.5 Å². The molecule has 3 N–H and O–H groups in total. The average molecular weight is 333 g/mol. The summed E-state index contributed by atoms with van der Waals surface area (Å²) in [7, 11) is 0. The van der Waals surface area contributed by atoms with Crippen molar-refractivity contribution in [2.45, 2.75) is 39.3 Å². The van der Waals surface area contributed by atoms with Crippen LogP contribution in [0.2, 0.25) is 0 Å². The van der Waals surface area contributed by atoms with E-state index in [4.69, 9.17) is 5.11 Å². The van der Waals surface area contributed by atoms with Crippen molar-refractivity contribution in [3.05, 3.63) is 51.5 Å². The van der Waals surface area contributed by atoms with Gasteiger partial charge in [-0.15, -0.1) is 11.3 Å². The lowest BCUT2D eigenvalue weighted by Gasteiger charge is -2.13. The number of aromatic nitrogens is 1. The van der Waals surface area contributed by atoms with Crippen molar-refractivity contribution in [1.82, 2.24) is 15.6 Å². The number of hydrogen-bond donors (Lipinski definition) is 3. The molecule has 1 aromatic carbocycles. The fourth-order valence-electron chi connectivity index (χ4n) is 2.14. The molecule has 1 aromatic heterocycles. The third kappa shape index (κ3) is 5.33. The molecular weight excluding hydrogens is 310 g/mol. The molecule has 5 nitrogen and oxygen atoms in total. The first-order valence-electron chi connectivity index (χ1n) is 7.79. The maximum atomic E-state index is 11.9. The van der Waals surface area contributed by atoms with Crippen LogP contribution in [0.3, 0.4) is 0 Å². The molecule has 23 heavy (non-hydrogen) atoms. The second kappa shape index (κ2) is 8.64. The number of carbonyl (C=O) groups is 1. The largest absolute Gasteiger partial charge is 0.392 e. The van der Waals surface area contributed by atoms with E-state index >= 15 is 0 Å². The van der Waals surface area contributed by atoms with Crippen LogP contribution >= 0.6 is 11.3 Å². The monoisotopic (exact) mass is 333 g/mol. The summed E-state index contributed by atoms with van der Waals surface area (Å²) in [4.78, 5) is 16.4. The van der Waals surface area contributed by atoms with Crippen LogP contribution in [0.25, 0.3) is 0 Å². The van der Waals surface area contributed by atoms with Gasteiger partial charge in [-0.2, -0.15) is 0 Å². The van der Waals surface area contributed by atoms with E-state index in [1.807, 2.05) is 36.6 Å². The third-order valence-electron chi connectivity index (χ3n) is 3.57. The zero-order valence-corrected chi connectivity index (χ0v) is 14.3. The van der Waals surface area contributed by atoms with Crippen LogP contribution in [-0.4, -0.2) is 22.7 Å². The molecular formula is C17H23N3O2S. The van der Waals surface area contributed by atoms with E-state index in [9.17, 15) is 4.79 Å². The van der Waals surface area contributed by atoms with Gasteiger partial charge in [0.1, 0.15) is 0 Å². The first-order valence-corrected chi connectivity index (χ1v) is 8.67. The highest BCUT2D eigenvalue weighted by Gasteiger charge is 2.12. The number of thiazole rings is 1. The zero-order chi connectivity index (χ0) is 16.7. The molecule has 0 saturated carbocycles. The maximum absolute atomic E-state index is 11.9. The van der Waals surface area contributed by atoms with Gasteiger partial charge in [0.25, 0.3) is 0 Å². The van der Waals surface area contributed by atoms with E-state index in [0.29, 0.717) is 6.54 Å². The maximum Gasteiger partial charge on any atom is 0.315 e. The minimum atomic E-state index is -0.185. The summed E-state index contributed by atoms with van der Waals surface area (Å²) in [5, 5.41) is 17.8. The number of aliphatic hydroxyl groups is 1. The summed E-state index contributed by atoms with van der Waals surface area (Å²) in [6.45, 7) is 4.62. The number of carbonyl (C=O) groups excluding carboxylic acids is 1. The average Bonchev–Trinajstić information content (AvgIpc) is 3.04. The highest BCUT2D eigenvalue weighted by atomic mass is 32.1. The molecule has 0 aliphatic rings. The number of nitrogens with one attached hydrogen (secondary N) is 2. The van der Waals surface area contributed by atoms with E-state index in [1.165, 1.54) is 0 Å². The van der Waals surface area contributed by atoms with Crippen LogP contribution in [-0.2, 0) is 19.4 Å². The van der Waals surface area contributed by atoms with Gasteiger partial charge >= 0.3 is 6.03 Å². The Morgan fingerprint density at radius 3 is 2.61 bits per heavy atom. The van der Waals surface area contributed by atoms with Crippen molar-refractivity contribution in [2.75, 3.05) is 6.54 Å². The van der Waals surface area contributed by atoms with Gasteiger partial charge in [-0.1, -0.05) is 31.2 Å². The molecule has 0 saturated heterocycles. The fraction of sp³-hybridized carbons (Fsp3) is 0.412. The molecule has 2 aromatic rings. The van der Waals surface area contributed by atoms with Crippen molar-refractivity contribution in [1.29, 1.82) is 0 Å². The Kier molecular flexibility index (Phi) is 6.55. The number of aliphatic hydroxyl groups excluding tert-OH is 1. The van der Waals surface area contributed by atoms with E-state index in [0.717, 1.165) is 34.7 Å². The summed E-state index contributed by atoms with van der Waals surface area (Å²) in [6.07, 6.45) is 1.67. The van der Waals surface area contributed by atoms with Gasteiger partial charge in [-0.25, -0.2) is 9.78 Å². The van der Waals surface area contributed by atoms with Gasteiger partial charge in [-0.05, 0) is 30.9 Å². The van der Waals surface area contributed by atoms with Gasteiger partial charge in [0.15, 0.2) is 0 Å². The summed E-state index contributed by atoms with van der Waals surface area (Å²) in [5.74, 6) is 0. The van der Waals surface area contributed by atoms with Crippen LogP contribution in [0.4, 0.5) is 4.79 Å². The molecule has 6 heteroatoms. The highest BCUT2D eigenvalue weighted by molar-refractivity contribution is 7.09. The van der Waals surface area contributed by atoms with Crippen molar-refractivity contribution in [3.8, 4) is 0 Å². The normalized spacial score (nSPS) is 12.0. The van der Waals surface area contributed by atoms with Gasteiger partial charge in [-0.3, -0.25) is 0 Å². The van der Waals surface area contributed by atoms with Crippen LogP contribution in [0.15, 0.2) is 29.6 Å². The topological polar surface area (TPSA) is 74.2 Å². The Bertz CT molecular complexity index is 625. The summed E-state index contributed by atoms with van der Waals surface area (Å²) >= 11 is 1.62.